The summed E-state index contributed by atoms with van der Waals surface area (Å²) in [6.45, 7) is 0. The molecule has 0 aliphatic rings. The summed E-state index contributed by atoms with van der Waals surface area (Å²) in [6.07, 6.45) is 5.59. The van der Waals surface area contributed by atoms with Crippen LogP contribution in [0.25, 0.3) is 0 Å². The first-order valence-corrected chi connectivity index (χ1v) is 4.47. The molecule has 15 heavy (non-hydrogen) atoms. The van der Waals surface area contributed by atoms with Crippen LogP contribution in [0.2, 0.25) is 0 Å². The third-order valence-corrected chi connectivity index (χ3v) is 1.91. The maximum atomic E-state index is 10.7. The Morgan fingerprint density at radius 2 is 2.07 bits per heavy atom. The fourth-order valence-corrected chi connectivity index (χ4v) is 1.22. The summed E-state index contributed by atoms with van der Waals surface area (Å²) in [5.74, 6) is 0.617. The van der Waals surface area contributed by atoms with Crippen LogP contribution in [0.4, 0.5) is 11.5 Å². The molecule has 0 saturated carbocycles. The number of carbonyl (C=O) groups is 1. The molecule has 4 heteroatoms. The number of para-hydroxylation sites is 1. The van der Waals surface area contributed by atoms with Gasteiger partial charge in [-0.15, -0.1) is 0 Å². The standard InChI is InChI=1S/C11H9N3O/c15-8-9-3-1-2-4-10(9)14-11-7-12-5-6-13-11/h1-8H,(H,13,14). The highest BCUT2D eigenvalue weighted by molar-refractivity contribution is 5.85. The van der Waals surface area contributed by atoms with Gasteiger partial charge in [-0.1, -0.05) is 12.1 Å². The lowest BCUT2D eigenvalue weighted by molar-refractivity contribution is 0.112. The first kappa shape index (κ1) is 9.33. The van der Waals surface area contributed by atoms with Gasteiger partial charge in [0, 0.05) is 18.0 Å². The Hall–Kier alpha value is -2.23. The van der Waals surface area contributed by atoms with Crippen LogP contribution >= 0.6 is 0 Å². The molecule has 1 heterocycles. The van der Waals surface area contributed by atoms with E-state index in [2.05, 4.69) is 15.3 Å². The molecule has 74 valence electrons. The van der Waals surface area contributed by atoms with Crippen LogP contribution in [0, 0.1) is 0 Å². The molecular formula is C11H9N3O. The highest BCUT2D eigenvalue weighted by Gasteiger charge is 2.00. The Morgan fingerprint density at radius 1 is 1.20 bits per heavy atom. The molecule has 0 aliphatic heterocycles. The van der Waals surface area contributed by atoms with E-state index in [1.807, 2.05) is 18.2 Å². The van der Waals surface area contributed by atoms with Crippen molar-refractivity contribution in [3.05, 3.63) is 48.4 Å². The SMILES string of the molecule is O=Cc1ccccc1Nc1cnccn1. The van der Waals surface area contributed by atoms with E-state index in [1.165, 1.54) is 0 Å². The number of nitrogens with one attached hydrogen (secondary N) is 1. The maximum Gasteiger partial charge on any atom is 0.152 e. The highest BCUT2D eigenvalue weighted by atomic mass is 16.1. The summed E-state index contributed by atoms with van der Waals surface area (Å²) in [4.78, 5) is 18.7. The van der Waals surface area contributed by atoms with Crippen molar-refractivity contribution in [3.63, 3.8) is 0 Å². The highest BCUT2D eigenvalue weighted by Crippen LogP contribution is 2.16. The minimum Gasteiger partial charge on any atom is -0.338 e. The van der Waals surface area contributed by atoms with Crippen molar-refractivity contribution in [2.24, 2.45) is 0 Å². The average Bonchev–Trinajstić information content (AvgIpc) is 2.31. The van der Waals surface area contributed by atoms with E-state index in [9.17, 15) is 4.79 Å². The van der Waals surface area contributed by atoms with Crippen molar-refractivity contribution in [1.29, 1.82) is 0 Å². The van der Waals surface area contributed by atoms with Crippen LogP contribution in [-0.4, -0.2) is 16.3 Å². The smallest absolute Gasteiger partial charge is 0.152 e. The van der Waals surface area contributed by atoms with Gasteiger partial charge in [0.05, 0.1) is 11.9 Å². The average molecular weight is 199 g/mol. The van der Waals surface area contributed by atoms with Gasteiger partial charge in [-0.2, -0.15) is 0 Å². The molecule has 0 bridgehead atoms. The molecule has 0 spiro atoms. The van der Waals surface area contributed by atoms with Crippen LogP contribution in [0.3, 0.4) is 0 Å². The molecule has 0 aliphatic carbocycles. The number of nitrogens with zero attached hydrogens (tertiary/aromatic N) is 2. The second kappa shape index (κ2) is 4.32. The number of anilines is 2. The number of benzene rings is 1. The lowest BCUT2D eigenvalue weighted by Gasteiger charge is -2.06. The zero-order chi connectivity index (χ0) is 10.5. The van der Waals surface area contributed by atoms with Crippen molar-refractivity contribution >= 4 is 17.8 Å². The molecule has 1 aromatic carbocycles. The number of carbonyl (C=O) groups excluding carboxylic acids is 1. The fourth-order valence-electron chi connectivity index (χ4n) is 1.22. The first-order chi connectivity index (χ1) is 7.40. The van der Waals surface area contributed by atoms with Gasteiger partial charge < -0.3 is 5.32 Å². The Morgan fingerprint density at radius 3 is 2.80 bits per heavy atom. The van der Waals surface area contributed by atoms with E-state index < -0.39 is 0 Å². The van der Waals surface area contributed by atoms with Crippen molar-refractivity contribution in [3.8, 4) is 0 Å². The van der Waals surface area contributed by atoms with Gasteiger partial charge in [-0.05, 0) is 12.1 Å². The third kappa shape index (κ3) is 2.17. The molecule has 4 nitrogen and oxygen atoms in total. The largest absolute Gasteiger partial charge is 0.338 e. The molecule has 0 unspecified atom stereocenters. The van der Waals surface area contributed by atoms with E-state index in [0.29, 0.717) is 11.4 Å². The number of hydrogen-bond donors (Lipinski definition) is 1. The van der Waals surface area contributed by atoms with Gasteiger partial charge in [-0.3, -0.25) is 9.78 Å². The van der Waals surface area contributed by atoms with Crippen LogP contribution in [0.15, 0.2) is 42.9 Å². The summed E-state index contributed by atoms with van der Waals surface area (Å²) in [7, 11) is 0. The summed E-state index contributed by atoms with van der Waals surface area (Å²) < 4.78 is 0. The van der Waals surface area contributed by atoms with Crippen LogP contribution < -0.4 is 5.32 Å². The van der Waals surface area contributed by atoms with E-state index >= 15 is 0 Å². The van der Waals surface area contributed by atoms with E-state index in [-0.39, 0.29) is 0 Å². The number of aldehydes is 1. The lowest BCUT2D eigenvalue weighted by Crippen LogP contribution is -1.96. The molecular weight excluding hydrogens is 190 g/mol. The van der Waals surface area contributed by atoms with Gasteiger partial charge in [0.2, 0.25) is 0 Å². The maximum absolute atomic E-state index is 10.7. The Labute approximate surface area is 87.0 Å². The Balaban J connectivity index is 2.28. The number of rotatable bonds is 3. The van der Waals surface area contributed by atoms with Crippen LogP contribution in [-0.2, 0) is 0 Å². The summed E-state index contributed by atoms with van der Waals surface area (Å²) in [6, 6.07) is 7.22. The van der Waals surface area contributed by atoms with Crippen LogP contribution in [0.1, 0.15) is 10.4 Å². The normalized spacial score (nSPS) is 9.60. The minimum atomic E-state index is 0.600. The molecule has 1 N–H and O–H groups in total. The Bertz CT molecular complexity index is 456. The van der Waals surface area contributed by atoms with Gasteiger partial charge in [-0.25, -0.2) is 4.98 Å². The Kier molecular flexibility index (Phi) is 2.69. The van der Waals surface area contributed by atoms with Gasteiger partial charge >= 0.3 is 0 Å². The zero-order valence-electron chi connectivity index (χ0n) is 7.92. The lowest BCUT2D eigenvalue weighted by atomic mass is 10.2. The van der Waals surface area contributed by atoms with E-state index in [1.54, 1.807) is 24.7 Å². The molecule has 2 rings (SSSR count). The first-order valence-electron chi connectivity index (χ1n) is 4.47. The quantitative estimate of drug-likeness (QED) is 0.768. The molecule has 1 aromatic heterocycles. The topological polar surface area (TPSA) is 54.9 Å². The van der Waals surface area contributed by atoms with Crippen LogP contribution in [0.5, 0.6) is 0 Å². The molecule has 2 aromatic rings. The molecule has 0 radical (unpaired) electrons. The van der Waals surface area contributed by atoms with Crippen molar-refractivity contribution < 1.29 is 4.79 Å². The molecule has 0 amide bonds. The number of aromatic nitrogens is 2. The van der Waals surface area contributed by atoms with Gasteiger partial charge in [0.1, 0.15) is 5.82 Å². The van der Waals surface area contributed by atoms with Crippen molar-refractivity contribution in [2.45, 2.75) is 0 Å². The summed E-state index contributed by atoms with van der Waals surface area (Å²) >= 11 is 0. The van der Waals surface area contributed by atoms with Gasteiger partial charge in [0.25, 0.3) is 0 Å². The molecule has 0 saturated heterocycles. The summed E-state index contributed by atoms with van der Waals surface area (Å²) in [5.41, 5.74) is 1.33. The van der Waals surface area contributed by atoms with Gasteiger partial charge in [0.15, 0.2) is 6.29 Å². The monoisotopic (exact) mass is 199 g/mol. The summed E-state index contributed by atoms with van der Waals surface area (Å²) in [5, 5.41) is 3.02. The number of hydrogen-bond acceptors (Lipinski definition) is 4. The third-order valence-electron chi connectivity index (χ3n) is 1.91. The van der Waals surface area contributed by atoms with E-state index in [4.69, 9.17) is 0 Å². The second-order valence-corrected chi connectivity index (χ2v) is 2.92. The minimum absolute atomic E-state index is 0.600. The fraction of sp³-hybridized carbons (Fsp3) is 0. The predicted molar refractivity (Wildman–Crippen MR) is 57.1 cm³/mol. The zero-order valence-corrected chi connectivity index (χ0v) is 7.92. The van der Waals surface area contributed by atoms with E-state index in [0.717, 1.165) is 12.0 Å². The molecule has 0 atom stereocenters. The molecule has 0 fully saturated rings. The second-order valence-electron chi connectivity index (χ2n) is 2.92. The predicted octanol–water partition coefficient (Wildman–Crippen LogP) is 2.03. The van der Waals surface area contributed by atoms with Crippen molar-refractivity contribution in [1.82, 2.24) is 9.97 Å². The van der Waals surface area contributed by atoms with Crippen molar-refractivity contribution in [2.75, 3.05) is 5.32 Å².